The summed E-state index contributed by atoms with van der Waals surface area (Å²) in [5, 5.41) is 0. The molecule has 2 aliphatic rings. The molecular formula is C15H22N2O3S. The third-order valence-electron chi connectivity index (χ3n) is 4.71. The van der Waals surface area contributed by atoms with Gasteiger partial charge in [0.2, 0.25) is 0 Å². The molecule has 6 heteroatoms. The third kappa shape index (κ3) is 2.72. The second-order valence-electron chi connectivity index (χ2n) is 5.84. The first kappa shape index (κ1) is 14.9. The Bertz CT molecular complexity index is 509. The molecule has 2 aliphatic heterocycles. The number of hydrogen-bond donors (Lipinski definition) is 0. The van der Waals surface area contributed by atoms with Gasteiger partial charge in [0.05, 0.1) is 22.9 Å². The normalized spacial score (nSPS) is 25.2. The van der Waals surface area contributed by atoms with Crippen molar-refractivity contribution in [2.45, 2.75) is 44.3 Å². The number of ether oxygens (including phenoxy) is 2. The molecule has 3 heterocycles. The molecule has 5 nitrogen and oxygen atoms in total. The lowest BCUT2D eigenvalue weighted by Gasteiger charge is -2.47. The van der Waals surface area contributed by atoms with E-state index in [4.69, 9.17) is 9.47 Å². The highest BCUT2D eigenvalue weighted by molar-refractivity contribution is 7.11. The number of nitrogens with zero attached hydrogens (tertiary/aromatic N) is 2. The SMILES string of the molecule is COC1CCCOC12CCN(C(=O)c1scnc1C)CC2. The molecule has 0 aromatic carbocycles. The van der Waals surface area contributed by atoms with Crippen LogP contribution in [-0.2, 0) is 9.47 Å². The van der Waals surface area contributed by atoms with E-state index in [0.717, 1.165) is 56.0 Å². The van der Waals surface area contributed by atoms with Crippen LogP contribution in [0, 0.1) is 6.92 Å². The Kier molecular flexibility index (Phi) is 4.28. The number of thiazole rings is 1. The molecule has 1 spiro atoms. The first-order valence-electron chi connectivity index (χ1n) is 7.52. The van der Waals surface area contributed by atoms with Gasteiger partial charge >= 0.3 is 0 Å². The van der Waals surface area contributed by atoms with Gasteiger partial charge in [0.1, 0.15) is 4.88 Å². The van der Waals surface area contributed by atoms with Gasteiger partial charge in [-0.1, -0.05) is 0 Å². The maximum Gasteiger partial charge on any atom is 0.265 e. The Morgan fingerprint density at radius 3 is 2.90 bits per heavy atom. The molecule has 1 amide bonds. The predicted octanol–water partition coefficient (Wildman–Crippen LogP) is 2.25. The zero-order chi connectivity index (χ0) is 14.9. The van der Waals surface area contributed by atoms with Crippen LogP contribution in [0.2, 0.25) is 0 Å². The first-order valence-corrected chi connectivity index (χ1v) is 8.40. The molecule has 1 atom stereocenters. The molecule has 0 saturated carbocycles. The third-order valence-corrected chi connectivity index (χ3v) is 5.62. The minimum absolute atomic E-state index is 0.106. The van der Waals surface area contributed by atoms with Crippen molar-refractivity contribution in [3.05, 3.63) is 16.1 Å². The zero-order valence-corrected chi connectivity index (χ0v) is 13.4. The summed E-state index contributed by atoms with van der Waals surface area (Å²) < 4.78 is 11.7. The largest absolute Gasteiger partial charge is 0.378 e. The number of carbonyl (C=O) groups is 1. The van der Waals surface area contributed by atoms with E-state index in [2.05, 4.69) is 4.98 Å². The summed E-state index contributed by atoms with van der Waals surface area (Å²) in [7, 11) is 1.76. The molecule has 116 valence electrons. The molecule has 1 aromatic heterocycles. The van der Waals surface area contributed by atoms with Crippen LogP contribution in [0.3, 0.4) is 0 Å². The van der Waals surface area contributed by atoms with E-state index in [1.165, 1.54) is 11.3 Å². The lowest BCUT2D eigenvalue weighted by Crippen LogP contribution is -2.56. The van der Waals surface area contributed by atoms with E-state index < -0.39 is 0 Å². The Hall–Kier alpha value is -0.980. The van der Waals surface area contributed by atoms with Gasteiger partial charge in [-0.15, -0.1) is 11.3 Å². The molecule has 3 rings (SSSR count). The van der Waals surface area contributed by atoms with E-state index in [-0.39, 0.29) is 17.6 Å². The second kappa shape index (κ2) is 6.02. The number of piperidine rings is 1. The number of amides is 1. The summed E-state index contributed by atoms with van der Waals surface area (Å²) >= 11 is 1.43. The number of hydrogen-bond acceptors (Lipinski definition) is 5. The average molecular weight is 310 g/mol. The first-order chi connectivity index (χ1) is 10.2. The number of aryl methyl sites for hydroxylation is 1. The van der Waals surface area contributed by atoms with Crippen molar-refractivity contribution in [3.8, 4) is 0 Å². The number of carbonyl (C=O) groups excluding carboxylic acids is 1. The Morgan fingerprint density at radius 1 is 1.52 bits per heavy atom. The summed E-state index contributed by atoms with van der Waals surface area (Å²) in [4.78, 5) is 19.4. The summed E-state index contributed by atoms with van der Waals surface area (Å²) in [5.41, 5.74) is 2.38. The lowest BCUT2D eigenvalue weighted by atomic mass is 9.82. The van der Waals surface area contributed by atoms with E-state index in [1.807, 2.05) is 11.8 Å². The van der Waals surface area contributed by atoms with Crippen molar-refractivity contribution in [2.75, 3.05) is 26.8 Å². The number of aromatic nitrogens is 1. The summed E-state index contributed by atoms with van der Waals surface area (Å²) in [6.45, 7) is 4.16. The van der Waals surface area contributed by atoms with Gasteiger partial charge in [-0.3, -0.25) is 4.79 Å². The minimum atomic E-state index is -0.188. The van der Waals surface area contributed by atoms with Crippen molar-refractivity contribution in [1.82, 2.24) is 9.88 Å². The van der Waals surface area contributed by atoms with Gasteiger partial charge < -0.3 is 14.4 Å². The van der Waals surface area contributed by atoms with Crippen molar-refractivity contribution in [2.24, 2.45) is 0 Å². The van der Waals surface area contributed by atoms with E-state index >= 15 is 0 Å². The quantitative estimate of drug-likeness (QED) is 0.841. The topological polar surface area (TPSA) is 51.7 Å². The van der Waals surface area contributed by atoms with Gasteiger partial charge in [0, 0.05) is 26.8 Å². The molecular weight excluding hydrogens is 288 g/mol. The smallest absolute Gasteiger partial charge is 0.265 e. The monoisotopic (exact) mass is 310 g/mol. The zero-order valence-electron chi connectivity index (χ0n) is 12.6. The maximum atomic E-state index is 12.5. The van der Waals surface area contributed by atoms with Crippen LogP contribution < -0.4 is 0 Å². The van der Waals surface area contributed by atoms with Crippen LogP contribution in [0.5, 0.6) is 0 Å². The van der Waals surface area contributed by atoms with Crippen LogP contribution in [0.1, 0.15) is 41.0 Å². The van der Waals surface area contributed by atoms with Gasteiger partial charge in [-0.05, 0) is 32.6 Å². The molecule has 21 heavy (non-hydrogen) atoms. The fourth-order valence-corrected chi connectivity index (χ4v) is 4.21. The highest BCUT2D eigenvalue weighted by Gasteiger charge is 2.45. The molecule has 0 aliphatic carbocycles. The maximum absolute atomic E-state index is 12.5. The number of rotatable bonds is 2. The highest BCUT2D eigenvalue weighted by atomic mass is 32.1. The van der Waals surface area contributed by atoms with Crippen LogP contribution in [0.4, 0.5) is 0 Å². The predicted molar refractivity (Wildman–Crippen MR) is 80.7 cm³/mol. The van der Waals surface area contributed by atoms with E-state index in [0.29, 0.717) is 0 Å². The fraction of sp³-hybridized carbons (Fsp3) is 0.733. The van der Waals surface area contributed by atoms with Gasteiger partial charge in [-0.25, -0.2) is 4.98 Å². The molecule has 1 aromatic rings. The molecule has 0 radical (unpaired) electrons. The van der Waals surface area contributed by atoms with Gasteiger partial charge in [0.25, 0.3) is 5.91 Å². The number of methoxy groups -OCH3 is 1. The van der Waals surface area contributed by atoms with Gasteiger partial charge in [-0.2, -0.15) is 0 Å². The highest BCUT2D eigenvalue weighted by Crippen LogP contribution is 2.37. The van der Waals surface area contributed by atoms with Crippen molar-refractivity contribution < 1.29 is 14.3 Å². The van der Waals surface area contributed by atoms with Crippen LogP contribution in [0.25, 0.3) is 0 Å². The molecule has 1 unspecified atom stereocenters. The van der Waals surface area contributed by atoms with Crippen molar-refractivity contribution >= 4 is 17.2 Å². The van der Waals surface area contributed by atoms with Crippen LogP contribution in [-0.4, -0.2) is 54.3 Å². The fourth-order valence-electron chi connectivity index (χ4n) is 3.44. The molecule has 2 fully saturated rings. The summed E-state index contributed by atoms with van der Waals surface area (Å²) in [6, 6.07) is 0. The van der Waals surface area contributed by atoms with Crippen molar-refractivity contribution in [3.63, 3.8) is 0 Å². The average Bonchev–Trinajstić information content (AvgIpc) is 2.94. The minimum Gasteiger partial charge on any atom is -0.378 e. The summed E-state index contributed by atoms with van der Waals surface area (Å²) in [5.74, 6) is 0.106. The van der Waals surface area contributed by atoms with Crippen molar-refractivity contribution in [1.29, 1.82) is 0 Å². The van der Waals surface area contributed by atoms with Crippen LogP contribution in [0.15, 0.2) is 5.51 Å². The number of likely N-dealkylation sites (tertiary alicyclic amines) is 1. The van der Waals surface area contributed by atoms with Gasteiger partial charge in [0.15, 0.2) is 0 Å². The summed E-state index contributed by atoms with van der Waals surface area (Å²) in [6.07, 6.45) is 3.99. The molecule has 0 bridgehead atoms. The Labute approximate surface area is 129 Å². The molecule has 0 N–H and O–H groups in total. The second-order valence-corrected chi connectivity index (χ2v) is 6.69. The lowest BCUT2D eigenvalue weighted by molar-refractivity contribution is -0.183. The van der Waals surface area contributed by atoms with E-state index in [1.54, 1.807) is 12.6 Å². The Morgan fingerprint density at radius 2 is 2.29 bits per heavy atom. The Balaban J connectivity index is 1.67. The van der Waals surface area contributed by atoms with E-state index in [9.17, 15) is 4.79 Å². The molecule has 2 saturated heterocycles. The van der Waals surface area contributed by atoms with Crippen LogP contribution >= 0.6 is 11.3 Å². The standard InChI is InChI=1S/C15H22N2O3S/c1-11-13(21-10-16-11)14(18)17-7-5-15(6-8-17)12(19-2)4-3-9-20-15/h10,12H,3-9H2,1-2H3.